The zero-order valence-corrected chi connectivity index (χ0v) is 15.4. The third-order valence-electron chi connectivity index (χ3n) is 3.82. The van der Waals surface area contributed by atoms with Crippen LogP contribution in [0.15, 0.2) is 71.5 Å². The summed E-state index contributed by atoms with van der Waals surface area (Å²) in [5.74, 6) is -0.0354. The average molecular weight is 386 g/mol. The van der Waals surface area contributed by atoms with Crippen LogP contribution in [0.5, 0.6) is 0 Å². The molecule has 0 aliphatic carbocycles. The number of esters is 1. The maximum Gasteiger partial charge on any atom is 0.337 e. The molecule has 140 valence electrons. The molecule has 8 heteroatoms. The fourth-order valence-corrected chi connectivity index (χ4v) is 4.04. The van der Waals surface area contributed by atoms with Gasteiger partial charge >= 0.3 is 5.97 Å². The zero-order valence-electron chi connectivity index (χ0n) is 14.6. The molecule has 0 aliphatic heterocycles. The van der Waals surface area contributed by atoms with Crippen LogP contribution in [0.1, 0.15) is 21.7 Å². The molecule has 0 aliphatic rings. The molecular weight excluding hydrogens is 368 g/mol. The number of methoxy groups -OCH3 is 1. The van der Waals surface area contributed by atoms with Crippen LogP contribution in [0.4, 0.5) is 5.82 Å². The monoisotopic (exact) mass is 386 g/mol. The minimum Gasteiger partial charge on any atom is -0.467 e. The maximum atomic E-state index is 13.1. The van der Waals surface area contributed by atoms with E-state index in [2.05, 4.69) is 9.72 Å². The fraction of sp³-hybridized carbons (Fsp3) is 0.158. The number of hydrogen-bond acceptors (Lipinski definition) is 6. The molecule has 3 rings (SSSR count). The van der Waals surface area contributed by atoms with Crippen LogP contribution in [-0.2, 0) is 27.1 Å². The van der Waals surface area contributed by atoms with E-state index in [0.717, 1.165) is 0 Å². The van der Waals surface area contributed by atoms with Crippen molar-refractivity contribution in [3.63, 3.8) is 0 Å². The van der Waals surface area contributed by atoms with Gasteiger partial charge in [0.25, 0.3) is 0 Å². The number of benzene rings is 1. The lowest BCUT2D eigenvalue weighted by Crippen LogP contribution is -2.32. The molecule has 0 bridgehead atoms. The Morgan fingerprint density at radius 1 is 1.15 bits per heavy atom. The summed E-state index contributed by atoms with van der Waals surface area (Å²) in [6.45, 7) is 0.0169. The second-order valence-electron chi connectivity index (χ2n) is 5.72. The van der Waals surface area contributed by atoms with Crippen LogP contribution in [-0.4, -0.2) is 26.5 Å². The SMILES string of the molecule is COC(=O)c1cccc(CS(=O)(=O)N(Cc2ccco2)c2ccccn2)c1. The lowest BCUT2D eigenvalue weighted by molar-refractivity contribution is 0.0600. The summed E-state index contributed by atoms with van der Waals surface area (Å²) in [5.41, 5.74) is 0.763. The molecule has 0 unspecified atom stereocenters. The van der Waals surface area contributed by atoms with E-state index in [9.17, 15) is 13.2 Å². The molecule has 3 aromatic rings. The van der Waals surface area contributed by atoms with Crippen LogP contribution in [0.3, 0.4) is 0 Å². The van der Waals surface area contributed by atoms with Crippen molar-refractivity contribution >= 4 is 21.8 Å². The van der Waals surface area contributed by atoms with Gasteiger partial charge in [-0.1, -0.05) is 18.2 Å². The smallest absolute Gasteiger partial charge is 0.337 e. The Kier molecular flexibility index (Phi) is 5.56. The first-order valence-electron chi connectivity index (χ1n) is 8.11. The summed E-state index contributed by atoms with van der Waals surface area (Å²) in [6.07, 6.45) is 3.01. The number of hydrogen-bond donors (Lipinski definition) is 0. The number of sulfonamides is 1. The van der Waals surface area contributed by atoms with Gasteiger partial charge in [-0.2, -0.15) is 0 Å². The van der Waals surface area contributed by atoms with Crippen molar-refractivity contribution in [1.29, 1.82) is 0 Å². The van der Waals surface area contributed by atoms with E-state index in [1.807, 2.05) is 0 Å². The second kappa shape index (κ2) is 8.05. The van der Waals surface area contributed by atoms with Gasteiger partial charge in [0.05, 0.1) is 31.2 Å². The summed E-state index contributed by atoms with van der Waals surface area (Å²) < 4.78 is 37.4. The van der Waals surface area contributed by atoms with Gasteiger partial charge in [0, 0.05) is 6.20 Å². The first-order valence-corrected chi connectivity index (χ1v) is 9.71. The molecule has 2 aromatic heterocycles. The highest BCUT2D eigenvalue weighted by Crippen LogP contribution is 2.22. The second-order valence-corrected chi connectivity index (χ2v) is 7.62. The number of nitrogens with zero attached hydrogens (tertiary/aromatic N) is 2. The third kappa shape index (κ3) is 4.53. The summed E-state index contributed by atoms with van der Waals surface area (Å²) in [5, 5.41) is 0. The van der Waals surface area contributed by atoms with E-state index in [-0.39, 0.29) is 18.1 Å². The van der Waals surface area contributed by atoms with Crippen molar-refractivity contribution in [3.8, 4) is 0 Å². The van der Waals surface area contributed by atoms with Crippen LogP contribution in [0, 0.1) is 0 Å². The lowest BCUT2D eigenvalue weighted by Gasteiger charge is -2.22. The Morgan fingerprint density at radius 2 is 2.00 bits per heavy atom. The quantitative estimate of drug-likeness (QED) is 0.580. The molecule has 0 radical (unpaired) electrons. The van der Waals surface area contributed by atoms with E-state index in [4.69, 9.17) is 4.42 Å². The van der Waals surface area contributed by atoms with Crippen LogP contribution in [0.2, 0.25) is 0 Å². The van der Waals surface area contributed by atoms with Crippen molar-refractivity contribution in [2.45, 2.75) is 12.3 Å². The van der Waals surface area contributed by atoms with Gasteiger partial charge in [-0.05, 0) is 42.0 Å². The minimum atomic E-state index is -3.80. The average Bonchev–Trinajstić information content (AvgIpc) is 3.19. The summed E-state index contributed by atoms with van der Waals surface area (Å²) >= 11 is 0. The van der Waals surface area contributed by atoms with Gasteiger partial charge in [0.2, 0.25) is 10.0 Å². The molecule has 0 saturated heterocycles. The number of aromatic nitrogens is 1. The first-order chi connectivity index (χ1) is 13.0. The Hall–Kier alpha value is -3.13. The van der Waals surface area contributed by atoms with E-state index >= 15 is 0 Å². The van der Waals surface area contributed by atoms with E-state index in [1.165, 1.54) is 29.9 Å². The molecular formula is C19H18N2O5S. The standard InChI is InChI=1S/C19H18N2O5S/c1-25-19(22)16-7-4-6-15(12-16)14-27(23,24)21(13-17-8-5-11-26-17)18-9-2-3-10-20-18/h2-12H,13-14H2,1H3. The number of rotatable bonds is 7. The normalized spacial score (nSPS) is 11.1. The Bertz CT molecular complexity index is 1000. The highest BCUT2D eigenvalue weighted by atomic mass is 32.2. The summed E-state index contributed by atoms with van der Waals surface area (Å²) in [6, 6.07) is 14.8. The minimum absolute atomic E-state index is 0.0169. The molecule has 0 fully saturated rings. The molecule has 0 amide bonds. The summed E-state index contributed by atoms with van der Waals surface area (Å²) in [4.78, 5) is 15.9. The highest BCUT2D eigenvalue weighted by Gasteiger charge is 2.25. The van der Waals surface area contributed by atoms with Gasteiger partial charge in [-0.3, -0.25) is 0 Å². The maximum absolute atomic E-state index is 13.1. The van der Waals surface area contributed by atoms with Gasteiger partial charge in [0.1, 0.15) is 11.6 Å². The number of furan rings is 1. The van der Waals surface area contributed by atoms with Crippen LogP contribution in [0.25, 0.3) is 0 Å². The number of pyridine rings is 1. The molecule has 2 heterocycles. The van der Waals surface area contributed by atoms with E-state index < -0.39 is 16.0 Å². The number of carbonyl (C=O) groups is 1. The van der Waals surface area contributed by atoms with E-state index in [0.29, 0.717) is 16.9 Å². The van der Waals surface area contributed by atoms with Crippen molar-refractivity contribution < 1.29 is 22.4 Å². The summed E-state index contributed by atoms with van der Waals surface area (Å²) in [7, 11) is -2.52. The van der Waals surface area contributed by atoms with Crippen LogP contribution < -0.4 is 4.31 Å². The Morgan fingerprint density at radius 3 is 2.67 bits per heavy atom. The van der Waals surface area contributed by atoms with Crippen molar-refractivity contribution in [2.75, 3.05) is 11.4 Å². The van der Waals surface area contributed by atoms with Crippen LogP contribution >= 0.6 is 0 Å². The first kappa shape index (κ1) is 18.7. The highest BCUT2D eigenvalue weighted by molar-refractivity contribution is 7.92. The Labute approximate surface area is 157 Å². The molecule has 0 spiro atoms. The van der Waals surface area contributed by atoms with Gasteiger partial charge in [-0.25, -0.2) is 22.5 Å². The lowest BCUT2D eigenvalue weighted by atomic mass is 10.1. The number of anilines is 1. The predicted molar refractivity (Wildman–Crippen MR) is 99.5 cm³/mol. The van der Waals surface area contributed by atoms with Gasteiger partial charge in [-0.15, -0.1) is 0 Å². The molecule has 27 heavy (non-hydrogen) atoms. The van der Waals surface area contributed by atoms with Gasteiger partial charge in [0.15, 0.2) is 0 Å². The Balaban J connectivity index is 1.92. The fourth-order valence-electron chi connectivity index (χ4n) is 2.56. The zero-order chi connectivity index (χ0) is 19.3. The largest absolute Gasteiger partial charge is 0.467 e. The topological polar surface area (TPSA) is 89.7 Å². The molecule has 0 N–H and O–H groups in total. The van der Waals surface area contributed by atoms with Gasteiger partial charge < -0.3 is 9.15 Å². The molecule has 1 aromatic carbocycles. The molecule has 0 saturated carbocycles. The number of ether oxygens (including phenoxy) is 1. The van der Waals surface area contributed by atoms with Crippen molar-refractivity contribution in [2.24, 2.45) is 0 Å². The van der Waals surface area contributed by atoms with E-state index in [1.54, 1.807) is 48.5 Å². The third-order valence-corrected chi connectivity index (χ3v) is 5.50. The van der Waals surface area contributed by atoms with Crippen molar-refractivity contribution in [3.05, 3.63) is 83.9 Å². The number of carbonyl (C=O) groups excluding carboxylic acids is 1. The molecule has 7 nitrogen and oxygen atoms in total. The van der Waals surface area contributed by atoms with Crippen molar-refractivity contribution in [1.82, 2.24) is 4.98 Å². The molecule has 0 atom stereocenters. The predicted octanol–water partition coefficient (Wildman–Crippen LogP) is 3.00.